The van der Waals surface area contributed by atoms with Gasteiger partial charge in [-0.3, -0.25) is 4.90 Å². The molecule has 8 heteroatoms. The summed E-state index contributed by atoms with van der Waals surface area (Å²) < 4.78 is 24.2. The first kappa shape index (κ1) is 29.3. The molecule has 0 saturated carbocycles. The molecule has 212 valence electrons. The Morgan fingerprint density at radius 1 is 0.750 bits per heavy atom. The predicted octanol–water partition coefficient (Wildman–Crippen LogP) is 4.99. The highest BCUT2D eigenvalue weighted by Gasteiger charge is 2.54. The van der Waals surface area contributed by atoms with Gasteiger partial charge in [-0.25, -0.2) is 9.59 Å². The minimum Gasteiger partial charge on any atom is -0.460 e. The molecule has 1 amide bonds. The number of rotatable bonds is 10. The van der Waals surface area contributed by atoms with Crippen molar-refractivity contribution in [3.05, 3.63) is 108 Å². The molecule has 3 aromatic rings. The number of carbonyl (C=O) groups is 2. The first-order valence-corrected chi connectivity index (χ1v) is 13.4. The maximum Gasteiger partial charge on any atom is 0.411 e. The molecule has 8 nitrogen and oxygen atoms in total. The molecule has 1 heterocycles. The Morgan fingerprint density at radius 2 is 1.23 bits per heavy atom. The van der Waals surface area contributed by atoms with Crippen molar-refractivity contribution in [2.24, 2.45) is 0 Å². The zero-order valence-corrected chi connectivity index (χ0v) is 23.1. The second kappa shape index (κ2) is 13.6. The van der Waals surface area contributed by atoms with E-state index >= 15 is 0 Å². The topological polar surface area (TPSA) is 94.5 Å². The van der Waals surface area contributed by atoms with Gasteiger partial charge in [0, 0.05) is 0 Å². The van der Waals surface area contributed by atoms with Gasteiger partial charge < -0.3 is 24.1 Å². The third-order valence-electron chi connectivity index (χ3n) is 6.55. The van der Waals surface area contributed by atoms with Gasteiger partial charge in [-0.15, -0.1) is 0 Å². The number of hydrogen-bond acceptors (Lipinski definition) is 7. The van der Waals surface area contributed by atoms with Crippen molar-refractivity contribution >= 4 is 12.1 Å². The summed E-state index contributed by atoms with van der Waals surface area (Å²) in [6, 6.07) is 26.3. The number of amides is 1. The largest absolute Gasteiger partial charge is 0.460 e. The molecule has 0 aromatic heterocycles. The number of likely N-dealkylation sites (tertiary alicyclic amines) is 1. The average molecular weight is 548 g/mol. The Kier molecular flexibility index (Phi) is 9.93. The lowest BCUT2D eigenvalue weighted by Crippen LogP contribution is -2.49. The quantitative estimate of drug-likeness (QED) is 0.357. The van der Waals surface area contributed by atoms with Crippen molar-refractivity contribution in [2.75, 3.05) is 13.2 Å². The van der Waals surface area contributed by atoms with E-state index in [1.54, 1.807) is 45.0 Å². The number of aliphatic hydroxyl groups excluding tert-OH is 1. The zero-order valence-electron chi connectivity index (χ0n) is 23.1. The highest BCUT2D eigenvalue weighted by Crippen LogP contribution is 2.33. The van der Waals surface area contributed by atoms with Crippen LogP contribution in [-0.4, -0.2) is 65.2 Å². The van der Waals surface area contributed by atoms with E-state index in [1.165, 1.54) is 4.90 Å². The predicted molar refractivity (Wildman–Crippen MR) is 149 cm³/mol. The van der Waals surface area contributed by atoms with Gasteiger partial charge in [0.05, 0.1) is 37.5 Å². The fourth-order valence-electron chi connectivity index (χ4n) is 4.72. The molecule has 1 fully saturated rings. The van der Waals surface area contributed by atoms with Crippen molar-refractivity contribution in [1.29, 1.82) is 0 Å². The number of benzene rings is 3. The second-order valence-electron chi connectivity index (χ2n) is 10.7. The van der Waals surface area contributed by atoms with E-state index in [4.69, 9.17) is 18.9 Å². The molecule has 1 aliphatic heterocycles. The molecule has 0 unspecified atom stereocenters. The third kappa shape index (κ3) is 7.69. The summed E-state index contributed by atoms with van der Waals surface area (Å²) in [6.45, 7) is 5.22. The first-order chi connectivity index (χ1) is 19.3. The molecule has 0 aliphatic carbocycles. The van der Waals surface area contributed by atoms with Gasteiger partial charge in [-0.05, 0) is 44.0 Å². The molecule has 1 N–H and O–H groups in total. The van der Waals surface area contributed by atoms with Gasteiger partial charge in [0.2, 0.25) is 0 Å². The van der Waals surface area contributed by atoms with E-state index in [0.717, 1.165) is 11.1 Å². The minimum atomic E-state index is -0.792. The fourth-order valence-corrected chi connectivity index (χ4v) is 4.72. The summed E-state index contributed by atoms with van der Waals surface area (Å²) >= 11 is 0. The van der Waals surface area contributed by atoms with Crippen LogP contribution in [0.3, 0.4) is 0 Å². The lowest BCUT2D eigenvalue weighted by Gasteiger charge is -2.32. The van der Waals surface area contributed by atoms with Crippen LogP contribution in [0.1, 0.15) is 42.3 Å². The molecule has 4 atom stereocenters. The van der Waals surface area contributed by atoms with E-state index < -0.39 is 48.6 Å². The first-order valence-electron chi connectivity index (χ1n) is 13.4. The van der Waals surface area contributed by atoms with Crippen LogP contribution >= 0.6 is 0 Å². The van der Waals surface area contributed by atoms with Gasteiger partial charge in [-0.1, -0.05) is 78.9 Å². The van der Waals surface area contributed by atoms with Crippen LogP contribution in [0.15, 0.2) is 91.0 Å². The van der Waals surface area contributed by atoms with Gasteiger partial charge in [0.15, 0.2) is 0 Å². The monoisotopic (exact) mass is 547 g/mol. The molecule has 0 bridgehead atoms. The fraction of sp³-hybridized carbons (Fsp3) is 0.375. The highest BCUT2D eigenvalue weighted by atomic mass is 16.6. The molecular weight excluding hydrogens is 510 g/mol. The summed E-state index contributed by atoms with van der Waals surface area (Å²) in [5, 5.41) is 10.5. The maximum atomic E-state index is 13.5. The van der Waals surface area contributed by atoms with Crippen LogP contribution in [0.2, 0.25) is 0 Å². The van der Waals surface area contributed by atoms with E-state index in [0.29, 0.717) is 5.56 Å². The standard InChI is InChI=1S/C32H37NO7/c1-32(2,3)40-31(36)33-26(19-34)28(37-20-23-13-7-4-8-14-23)29(38-21-24-15-9-5-10-16-24)27(33)22-39-30(35)25-17-11-6-12-18-25/h4-18,26-29,34H,19-22H2,1-3H3/t26-,27-,28+,29-/m1/s1. The number of aliphatic hydroxyl groups is 1. The molecule has 1 saturated heterocycles. The molecular formula is C32H37NO7. The zero-order chi connectivity index (χ0) is 28.5. The SMILES string of the molecule is CC(C)(C)OC(=O)N1[C@H](CO)[C@H](OCc2ccccc2)[C@H](OCc2ccccc2)[C@H]1COC(=O)c1ccccc1. The smallest absolute Gasteiger partial charge is 0.411 e. The summed E-state index contributed by atoms with van der Waals surface area (Å²) in [6.07, 6.45) is -2.09. The van der Waals surface area contributed by atoms with Crippen LogP contribution < -0.4 is 0 Å². The lowest BCUT2D eigenvalue weighted by atomic mass is 10.1. The number of ether oxygens (including phenoxy) is 4. The van der Waals surface area contributed by atoms with Gasteiger partial charge >= 0.3 is 12.1 Å². The summed E-state index contributed by atoms with van der Waals surface area (Å²) in [4.78, 5) is 27.8. The third-order valence-corrected chi connectivity index (χ3v) is 6.55. The number of carbonyl (C=O) groups excluding carboxylic acids is 2. The minimum absolute atomic E-state index is 0.172. The van der Waals surface area contributed by atoms with Crippen LogP contribution in [0.4, 0.5) is 4.79 Å². The number of esters is 1. The maximum absolute atomic E-state index is 13.5. The van der Waals surface area contributed by atoms with Crippen LogP contribution in [-0.2, 0) is 32.2 Å². The molecule has 4 rings (SSSR count). The van der Waals surface area contributed by atoms with Crippen molar-refractivity contribution in [1.82, 2.24) is 4.90 Å². The Labute approximate surface area is 235 Å². The molecule has 3 aromatic carbocycles. The highest BCUT2D eigenvalue weighted by molar-refractivity contribution is 5.89. The summed E-state index contributed by atoms with van der Waals surface area (Å²) in [5.74, 6) is -0.527. The van der Waals surface area contributed by atoms with Crippen molar-refractivity contribution < 1.29 is 33.6 Å². The van der Waals surface area contributed by atoms with E-state index in [2.05, 4.69) is 0 Å². The van der Waals surface area contributed by atoms with Crippen molar-refractivity contribution in [3.8, 4) is 0 Å². The lowest BCUT2D eigenvalue weighted by molar-refractivity contribution is -0.0863. The molecule has 1 aliphatic rings. The van der Waals surface area contributed by atoms with Crippen LogP contribution in [0, 0.1) is 0 Å². The summed E-state index contributed by atoms with van der Waals surface area (Å²) in [7, 11) is 0. The Morgan fingerprint density at radius 3 is 1.70 bits per heavy atom. The van der Waals surface area contributed by atoms with E-state index in [-0.39, 0.29) is 19.8 Å². The van der Waals surface area contributed by atoms with Gasteiger partial charge in [0.1, 0.15) is 24.4 Å². The van der Waals surface area contributed by atoms with E-state index in [1.807, 2.05) is 66.7 Å². The van der Waals surface area contributed by atoms with Crippen molar-refractivity contribution in [2.45, 2.75) is 63.9 Å². The van der Waals surface area contributed by atoms with Crippen molar-refractivity contribution in [3.63, 3.8) is 0 Å². The Hall–Kier alpha value is -3.72. The Balaban J connectivity index is 1.64. The number of nitrogens with zero attached hydrogens (tertiary/aromatic N) is 1. The van der Waals surface area contributed by atoms with Crippen LogP contribution in [0.5, 0.6) is 0 Å². The summed E-state index contributed by atoms with van der Waals surface area (Å²) in [5.41, 5.74) is 1.47. The second-order valence-corrected chi connectivity index (χ2v) is 10.7. The Bertz CT molecular complexity index is 1210. The number of hydrogen-bond donors (Lipinski definition) is 1. The van der Waals surface area contributed by atoms with E-state index in [9.17, 15) is 14.7 Å². The molecule has 0 spiro atoms. The normalized spacial score (nSPS) is 20.8. The molecule has 0 radical (unpaired) electrons. The molecule has 40 heavy (non-hydrogen) atoms. The van der Waals surface area contributed by atoms with Crippen LogP contribution in [0.25, 0.3) is 0 Å². The van der Waals surface area contributed by atoms with Gasteiger partial charge in [-0.2, -0.15) is 0 Å². The van der Waals surface area contributed by atoms with Gasteiger partial charge in [0.25, 0.3) is 0 Å². The average Bonchev–Trinajstić information content (AvgIpc) is 3.26.